The first-order valence-corrected chi connectivity index (χ1v) is 7.72. The predicted molar refractivity (Wildman–Crippen MR) is 84.6 cm³/mol. The Morgan fingerprint density at radius 2 is 1.70 bits per heavy atom. The second kappa shape index (κ2) is 6.23. The van der Waals surface area contributed by atoms with Crippen LogP contribution in [0.1, 0.15) is 42.0 Å². The SMILES string of the molecule is NC1c2ccccc2CCC1CCCc1ccccc1. The van der Waals surface area contributed by atoms with Gasteiger partial charge in [0.2, 0.25) is 0 Å². The zero-order chi connectivity index (χ0) is 13.8. The summed E-state index contributed by atoms with van der Waals surface area (Å²) in [5.41, 5.74) is 10.7. The highest BCUT2D eigenvalue weighted by molar-refractivity contribution is 5.32. The molecule has 0 spiro atoms. The van der Waals surface area contributed by atoms with Crippen LogP contribution in [0.2, 0.25) is 0 Å². The summed E-state index contributed by atoms with van der Waals surface area (Å²) in [6, 6.07) is 19.7. The van der Waals surface area contributed by atoms with Crippen LogP contribution in [0, 0.1) is 5.92 Å². The van der Waals surface area contributed by atoms with Gasteiger partial charge in [-0.2, -0.15) is 0 Å². The molecule has 20 heavy (non-hydrogen) atoms. The van der Waals surface area contributed by atoms with Crippen LogP contribution in [0.25, 0.3) is 0 Å². The van der Waals surface area contributed by atoms with E-state index in [1.54, 1.807) is 0 Å². The van der Waals surface area contributed by atoms with Gasteiger partial charge in [0, 0.05) is 6.04 Å². The van der Waals surface area contributed by atoms with Gasteiger partial charge in [-0.25, -0.2) is 0 Å². The van der Waals surface area contributed by atoms with Crippen LogP contribution in [0.3, 0.4) is 0 Å². The lowest BCUT2D eigenvalue weighted by molar-refractivity contribution is 0.347. The van der Waals surface area contributed by atoms with Gasteiger partial charge in [0.15, 0.2) is 0 Å². The minimum Gasteiger partial charge on any atom is -0.324 e. The normalized spacial score (nSPS) is 21.4. The summed E-state index contributed by atoms with van der Waals surface area (Å²) in [5.74, 6) is 0.647. The van der Waals surface area contributed by atoms with Gasteiger partial charge in [-0.3, -0.25) is 0 Å². The predicted octanol–water partition coefficient (Wildman–Crippen LogP) is 4.27. The van der Waals surface area contributed by atoms with Crippen LogP contribution >= 0.6 is 0 Å². The number of hydrogen-bond donors (Lipinski definition) is 1. The van der Waals surface area contributed by atoms with Crippen LogP contribution in [-0.2, 0) is 12.8 Å². The second-order valence-electron chi connectivity index (χ2n) is 5.90. The van der Waals surface area contributed by atoms with Gasteiger partial charge in [0.1, 0.15) is 0 Å². The van der Waals surface area contributed by atoms with Crippen molar-refractivity contribution in [2.75, 3.05) is 0 Å². The van der Waals surface area contributed by atoms with Crippen LogP contribution < -0.4 is 5.73 Å². The van der Waals surface area contributed by atoms with Crippen molar-refractivity contribution in [3.05, 3.63) is 71.3 Å². The quantitative estimate of drug-likeness (QED) is 0.877. The summed E-state index contributed by atoms with van der Waals surface area (Å²) in [5, 5.41) is 0. The van der Waals surface area contributed by atoms with Gasteiger partial charge in [0.25, 0.3) is 0 Å². The lowest BCUT2D eigenvalue weighted by Crippen LogP contribution is -2.27. The number of rotatable bonds is 4. The van der Waals surface area contributed by atoms with Crippen molar-refractivity contribution in [3.8, 4) is 0 Å². The molecule has 0 saturated carbocycles. The second-order valence-corrected chi connectivity index (χ2v) is 5.90. The zero-order valence-corrected chi connectivity index (χ0v) is 12.0. The Kier molecular flexibility index (Phi) is 4.17. The maximum absolute atomic E-state index is 6.47. The Morgan fingerprint density at radius 1 is 0.950 bits per heavy atom. The molecule has 1 heteroatoms. The third kappa shape index (κ3) is 2.94. The van der Waals surface area contributed by atoms with E-state index in [1.165, 1.54) is 48.8 Å². The highest BCUT2D eigenvalue weighted by Gasteiger charge is 2.25. The Labute approximate surface area is 121 Å². The maximum atomic E-state index is 6.47. The Hall–Kier alpha value is -1.60. The molecule has 1 aliphatic carbocycles. The van der Waals surface area contributed by atoms with Crippen LogP contribution in [0.4, 0.5) is 0 Å². The van der Waals surface area contributed by atoms with E-state index >= 15 is 0 Å². The molecule has 3 rings (SSSR count). The van der Waals surface area contributed by atoms with Crippen molar-refractivity contribution in [2.45, 2.75) is 38.1 Å². The Balaban J connectivity index is 1.57. The summed E-state index contributed by atoms with van der Waals surface area (Å²) in [6.45, 7) is 0. The molecular weight excluding hydrogens is 242 g/mol. The molecule has 104 valence electrons. The number of aryl methyl sites for hydroxylation is 2. The van der Waals surface area contributed by atoms with E-state index < -0.39 is 0 Å². The average Bonchev–Trinajstić information content (AvgIpc) is 2.51. The summed E-state index contributed by atoms with van der Waals surface area (Å²) < 4.78 is 0. The minimum atomic E-state index is 0.232. The van der Waals surface area contributed by atoms with E-state index in [2.05, 4.69) is 54.6 Å². The minimum absolute atomic E-state index is 0.232. The van der Waals surface area contributed by atoms with Gasteiger partial charge in [-0.15, -0.1) is 0 Å². The summed E-state index contributed by atoms with van der Waals surface area (Å²) in [6.07, 6.45) is 6.09. The molecule has 1 nitrogen and oxygen atoms in total. The molecule has 0 aliphatic heterocycles. The molecule has 0 fully saturated rings. The fourth-order valence-electron chi connectivity index (χ4n) is 3.40. The largest absolute Gasteiger partial charge is 0.324 e. The molecule has 0 amide bonds. The molecule has 2 aromatic rings. The molecular formula is C19H23N. The smallest absolute Gasteiger partial charge is 0.0326 e. The average molecular weight is 265 g/mol. The first-order valence-electron chi connectivity index (χ1n) is 7.72. The molecule has 0 bridgehead atoms. The maximum Gasteiger partial charge on any atom is 0.0326 e. The van der Waals surface area contributed by atoms with Crippen molar-refractivity contribution in [1.29, 1.82) is 0 Å². The Morgan fingerprint density at radius 3 is 2.55 bits per heavy atom. The molecule has 0 heterocycles. The van der Waals surface area contributed by atoms with Crippen molar-refractivity contribution in [1.82, 2.24) is 0 Å². The lowest BCUT2D eigenvalue weighted by atomic mass is 9.78. The van der Waals surface area contributed by atoms with E-state index in [0.29, 0.717) is 5.92 Å². The lowest BCUT2D eigenvalue weighted by Gasteiger charge is -2.31. The third-order valence-corrected chi connectivity index (χ3v) is 4.59. The summed E-state index contributed by atoms with van der Waals surface area (Å²) in [7, 11) is 0. The molecule has 0 aromatic heterocycles. The zero-order valence-electron chi connectivity index (χ0n) is 12.0. The van der Waals surface area contributed by atoms with Crippen LogP contribution in [-0.4, -0.2) is 0 Å². The van der Waals surface area contributed by atoms with Crippen molar-refractivity contribution >= 4 is 0 Å². The van der Waals surface area contributed by atoms with Crippen molar-refractivity contribution < 1.29 is 0 Å². The highest BCUT2D eigenvalue weighted by Crippen LogP contribution is 2.35. The summed E-state index contributed by atoms with van der Waals surface area (Å²) >= 11 is 0. The molecule has 0 saturated heterocycles. The van der Waals surface area contributed by atoms with Crippen LogP contribution in [0.5, 0.6) is 0 Å². The van der Waals surface area contributed by atoms with Gasteiger partial charge in [-0.05, 0) is 54.7 Å². The number of hydrogen-bond acceptors (Lipinski definition) is 1. The molecule has 0 radical (unpaired) electrons. The highest BCUT2D eigenvalue weighted by atomic mass is 14.7. The molecule has 2 unspecified atom stereocenters. The van der Waals surface area contributed by atoms with E-state index in [4.69, 9.17) is 5.73 Å². The molecule has 2 atom stereocenters. The van der Waals surface area contributed by atoms with Gasteiger partial charge >= 0.3 is 0 Å². The van der Waals surface area contributed by atoms with Gasteiger partial charge in [0.05, 0.1) is 0 Å². The first kappa shape index (κ1) is 13.4. The monoisotopic (exact) mass is 265 g/mol. The molecule has 2 aromatic carbocycles. The fraction of sp³-hybridized carbons (Fsp3) is 0.368. The number of benzene rings is 2. The topological polar surface area (TPSA) is 26.0 Å². The molecule has 2 N–H and O–H groups in total. The van der Waals surface area contributed by atoms with E-state index in [0.717, 1.165) is 0 Å². The fourth-order valence-corrected chi connectivity index (χ4v) is 3.40. The number of fused-ring (bicyclic) bond motifs is 1. The van der Waals surface area contributed by atoms with Gasteiger partial charge in [-0.1, -0.05) is 54.6 Å². The molecule has 1 aliphatic rings. The van der Waals surface area contributed by atoms with Crippen LogP contribution in [0.15, 0.2) is 54.6 Å². The van der Waals surface area contributed by atoms with Crippen molar-refractivity contribution in [3.63, 3.8) is 0 Å². The number of nitrogens with two attached hydrogens (primary N) is 1. The van der Waals surface area contributed by atoms with E-state index in [1.807, 2.05) is 0 Å². The van der Waals surface area contributed by atoms with E-state index in [-0.39, 0.29) is 6.04 Å². The summed E-state index contributed by atoms with van der Waals surface area (Å²) in [4.78, 5) is 0. The first-order chi connectivity index (χ1) is 9.84. The van der Waals surface area contributed by atoms with E-state index in [9.17, 15) is 0 Å². The third-order valence-electron chi connectivity index (χ3n) is 4.59. The standard InChI is InChI=1S/C19H23N/c20-19-17(11-6-9-15-7-2-1-3-8-15)14-13-16-10-4-5-12-18(16)19/h1-5,7-8,10,12,17,19H,6,9,11,13-14,20H2. The Bertz CT molecular complexity index is 547. The van der Waals surface area contributed by atoms with Crippen molar-refractivity contribution in [2.24, 2.45) is 11.7 Å². The van der Waals surface area contributed by atoms with Gasteiger partial charge < -0.3 is 5.73 Å².